The van der Waals surface area contributed by atoms with Gasteiger partial charge < -0.3 is 0 Å². The van der Waals surface area contributed by atoms with Crippen LogP contribution >= 0.6 is 0 Å². The molecule has 0 heterocycles. The number of hydrogen-bond acceptors (Lipinski definition) is 0. The van der Waals surface area contributed by atoms with Gasteiger partial charge in [0.15, 0.2) is 0 Å². The van der Waals surface area contributed by atoms with Crippen LogP contribution in [0.3, 0.4) is 0 Å². The van der Waals surface area contributed by atoms with Crippen molar-refractivity contribution in [2.75, 3.05) is 0 Å². The summed E-state index contributed by atoms with van der Waals surface area (Å²) in [7, 11) is 1.89. The summed E-state index contributed by atoms with van der Waals surface area (Å²) in [5.41, 5.74) is 1.19. The summed E-state index contributed by atoms with van der Waals surface area (Å²) >= 11 is 0. The summed E-state index contributed by atoms with van der Waals surface area (Å²) in [6.07, 6.45) is -1.87. The molecule has 90 valence electrons. The average molecular weight is 238 g/mol. The molecule has 0 bridgehead atoms. The summed E-state index contributed by atoms with van der Waals surface area (Å²) in [4.78, 5) is 0. The summed E-state index contributed by atoms with van der Waals surface area (Å²) in [5.74, 6) is 0.103. The van der Waals surface area contributed by atoms with Crippen molar-refractivity contribution < 1.29 is 13.2 Å². The predicted molar refractivity (Wildman–Crippen MR) is 66.5 cm³/mol. The van der Waals surface area contributed by atoms with E-state index in [1.807, 2.05) is 7.85 Å². The van der Waals surface area contributed by atoms with Gasteiger partial charge >= 0.3 is 6.18 Å². The molecule has 1 unspecified atom stereocenters. The van der Waals surface area contributed by atoms with Gasteiger partial charge in [-0.15, -0.1) is 18.6 Å². The van der Waals surface area contributed by atoms with Crippen LogP contribution in [0, 0.1) is 5.92 Å². The average Bonchev–Trinajstić information content (AvgIpc) is 2.25. The molecule has 0 spiro atoms. The van der Waals surface area contributed by atoms with Gasteiger partial charge in [-0.1, -0.05) is 18.2 Å². The Kier molecular flexibility index (Phi) is 4.21. The Bertz CT molecular complexity index is 404. The molecule has 0 aliphatic rings. The molecule has 0 nitrogen and oxygen atoms in total. The number of allylic oxidation sites excluding steroid dienone is 2. The fraction of sp³-hybridized carbons (Fsp3) is 0.231. The number of alkyl halides is 3. The van der Waals surface area contributed by atoms with Crippen LogP contribution in [0.15, 0.2) is 49.0 Å². The van der Waals surface area contributed by atoms with E-state index < -0.39 is 11.7 Å². The molecule has 0 radical (unpaired) electrons. The third-order valence-electron chi connectivity index (χ3n) is 2.65. The van der Waals surface area contributed by atoms with E-state index in [0.717, 1.165) is 23.2 Å². The highest BCUT2D eigenvalue weighted by atomic mass is 19.4. The topological polar surface area (TPSA) is 0 Å². The van der Waals surface area contributed by atoms with E-state index in [2.05, 4.69) is 13.2 Å². The molecule has 0 saturated carbocycles. The van der Waals surface area contributed by atoms with Gasteiger partial charge in [-0.2, -0.15) is 13.2 Å². The van der Waals surface area contributed by atoms with Crippen molar-refractivity contribution in [2.45, 2.75) is 12.6 Å². The van der Waals surface area contributed by atoms with Crippen LogP contribution in [0.25, 0.3) is 0 Å². The first kappa shape index (κ1) is 13.6. The standard InChI is InChI=1S/C13H14BF3/c1-3-11(9(2)14)8-10-4-6-12(7-5-10)13(15,16)17/h3-7,11H,1-2,8,14H2. The van der Waals surface area contributed by atoms with Gasteiger partial charge in [-0.05, 0) is 30.0 Å². The van der Waals surface area contributed by atoms with Crippen molar-refractivity contribution in [3.63, 3.8) is 0 Å². The molecule has 0 aliphatic carbocycles. The van der Waals surface area contributed by atoms with E-state index in [0.29, 0.717) is 6.42 Å². The van der Waals surface area contributed by atoms with E-state index in [4.69, 9.17) is 0 Å². The van der Waals surface area contributed by atoms with E-state index in [9.17, 15) is 13.2 Å². The largest absolute Gasteiger partial charge is 0.416 e. The van der Waals surface area contributed by atoms with E-state index in [1.54, 1.807) is 6.08 Å². The summed E-state index contributed by atoms with van der Waals surface area (Å²) in [6, 6.07) is 5.21. The van der Waals surface area contributed by atoms with E-state index in [1.165, 1.54) is 12.1 Å². The molecule has 0 amide bonds. The van der Waals surface area contributed by atoms with Gasteiger partial charge in [-0.3, -0.25) is 0 Å². The van der Waals surface area contributed by atoms with Crippen molar-refractivity contribution in [2.24, 2.45) is 5.92 Å². The van der Waals surface area contributed by atoms with Gasteiger partial charge in [0.2, 0.25) is 0 Å². The lowest BCUT2D eigenvalue weighted by Crippen LogP contribution is -2.07. The van der Waals surface area contributed by atoms with Crippen LogP contribution in [-0.4, -0.2) is 7.85 Å². The zero-order valence-electron chi connectivity index (χ0n) is 9.72. The molecular formula is C13H14BF3. The molecule has 17 heavy (non-hydrogen) atoms. The second-order valence-corrected chi connectivity index (χ2v) is 4.09. The van der Waals surface area contributed by atoms with Crippen molar-refractivity contribution in [1.82, 2.24) is 0 Å². The maximum Gasteiger partial charge on any atom is 0.416 e. The molecule has 0 N–H and O–H groups in total. The molecular weight excluding hydrogens is 224 g/mol. The Labute approximate surface area is 100 Å². The molecule has 0 fully saturated rings. The maximum absolute atomic E-state index is 12.3. The lowest BCUT2D eigenvalue weighted by atomic mass is 9.81. The molecule has 4 heteroatoms. The van der Waals surface area contributed by atoms with Gasteiger partial charge in [0.25, 0.3) is 0 Å². The highest BCUT2D eigenvalue weighted by Crippen LogP contribution is 2.29. The van der Waals surface area contributed by atoms with Crippen LogP contribution in [0.2, 0.25) is 0 Å². The van der Waals surface area contributed by atoms with Crippen molar-refractivity contribution in [1.29, 1.82) is 0 Å². The first-order chi connectivity index (χ1) is 7.84. The number of hydrogen-bond donors (Lipinski definition) is 0. The summed E-state index contributed by atoms with van der Waals surface area (Å²) in [5, 5.41) is 0. The van der Waals surface area contributed by atoms with Gasteiger partial charge in [0.05, 0.1) is 5.56 Å². The highest BCUT2D eigenvalue weighted by Gasteiger charge is 2.29. The normalized spacial score (nSPS) is 13.1. The Hall–Kier alpha value is -1.45. The zero-order valence-corrected chi connectivity index (χ0v) is 9.72. The lowest BCUT2D eigenvalue weighted by molar-refractivity contribution is -0.137. The van der Waals surface area contributed by atoms with Crippen molar-refractivity contribution in [3.05, 3.63) is 60.1 Å². The number of benzene rings is 1. The molecule has 1 aromatic carbocycles. The molecule has 1 rings (SSSR count). The molecule has 1 aromatic rings. The second-order valence-electron chi connectivity index (χ2n) is 4.09. The minimum Gasteiger partial charge on any atom is -0.166 e. The smallest absolute Gasteiger partial charge is 0.166 e. The molecule has 0 aromatic heterocycles. The van der Waals surface area contributed by atoms with Gasteiger partial charge in [0, 0.05) is 0 Å². The van der Waals surface area contributed by atoms with Crippen molar-refractivity contribution in [3.8, 4) is 0 Å². The zero-order chi connectivity index (χ0) is 13.1. The highest BCUT2D eigenvalue weighted by molar-refractivity contribution is 6.21. The van der Waals surface area contributed by atoms with Crippen LogP contribution in [0.5, 0.6) is 0 Å². The summed E-state index contributed by atoms with van der Waals surface area (Å²) in [6.45, 7) is 7.52. The Morgan fingerprint density at radius 3 is 2.18 bits per heavy atom. The van der Waals surface area contributed by atoms with Gasteiger partial charge in [0.1, 0.15) is 7.85 Å². The monoisotopic (exact) mass is 238 g/mol. The first-order valence-corrected chi connectivity index (χ1v) is 5.28. The predicted octanol–water partition coefficient (Wildman–Crippen LogP) is 3.20. The van der Waals surface area contributed by atoms with Crippen LogP contribution < -0.4 is 0 Å². The Morgan fingerprint density at radius 1 is 1.29 bits per heavy atom. The van der Waals surface area contributed by atoms with Crippen LogP contribution in [-0.2, 0) is 12.6 Å². The fourth-order valence-corrected chi connectivity index (χ4v) is 1.54. The maximum atomic E-state index is 12.3. The molecule has 0 saturated heterocycles. The SMILES string of the molecule is BC(=C)C(C=C)Cc1ccc(C(F)(F)F)cc1. The minimum absolute atomic E-state index is 0.103. The quantitative estimate of drug-likeness (QED) is 0.558. The second kappa shape index (κ2) is 5.26. The third-order valence-corrected chi connectivity index (χ3v) is 2.65. The van der Waals surface area contributed by atoms with E-state index >= 15 is 0 Å². The molecule has 1 atom stereocenters. The number of rotatable bonds is 4. The summed E-state index contributed by atoms with van der Waals surface area (Å²) < 4.78 is 37.0. The molecule has 0 aliphatic heterocycles. The van der Waals surface area contributed by atoms with Crippen LogP contribution in [0.4, 0.5) is 13.2 Å². The third kappa shape index (κ3) is 3.81. The fourth-order valence-electron chi connectivity index (χ4n) is 1.54. The Morgan fingerprint density at radius 2 is 1.82 bits per heavy atom. The lowest BCUT2D eigenvalue weighted by Gasteiger charge is -2.13. The Balaban J connectivity index is 2.82. The van der Waals surface area contributed by atoms with Crippen LogP contribution in [0.1, 0.15) is 11.1 Å². The van der Waals surface area contributed by atoms with Gasteiger partial charge in [-0.25, -0.2) is 0 Å². The first-order valence-electron chi connectivity index (χ1n) is 5.28. The van der Waals surface area contributed by atoms with Crippen molar-refractivity contribution >= 4 is 7.85 Å². The number of halogens is 3. The van der Waals surface area contributed by atoms with E-state index in [-0.39, 0.29) is 5.92 Å². The minimum atomic E-state index is -4.27.